The number of thioether (sulfide) groups is 1. The van der Waals surface area contributed by atoms with Crippen molar-refractivity contribution in [2.24, 2.45) is 0 Å². The Morgan fingerprint density at radius 2 is 1.50 bits per heavy atom. The lowest BCUT2D eigenvalue weighted by Gasteiger charge is -2.10. The molecule has 0 aliphatic heterocycles. The van der Waals surface area contributed by atoms with Crippen LogP contribution in [0.2, 0.25) is 10.0 Å². The second-order valence-corrected chi connectivity index (χ2v) is 6.65. The lowest BCUT2D eigenvalue weighted by molar-refractivity contribution is 0.0994. The van der Waals surface area contributed by atoms with Crippen molar-refractivity contribution in [2.45, 2.75) is 17.9 Å². The van der Waals surface area contributed by atoms with Gasteiger partial charge in [0, 0.05) is 21.4 Å². The molecule has 2 aromatic carbocycles. The first-order chi connectivity index (χ1) is 9.56. The zero-order chi connectivity index (χ0) is 14.5. The zero-order valence-corrected chi connectivity index (χ0v) is 13.3. The summed E-state index contributed by atoms with van der Waals surface area (Å²) in [4.78, 5) is 12.2. The van der Waals surface area contributed by atoms with Gasteiger partial charge in [-0.15, -0.1) is 11.8 Å². The SMILES string of the molecule is CC(SCc1ccc(Cl)cc1)C(=O)c1ccc(Cl)cc1. The number of halogens is 2. The molecule has 0 saturated carbocycles. The van der Waals surface area contributed by atoms with Gasteiger partial charge in [0.1, 0.15) is 0 Å². The molecule has 104 valence electrons. The van der Waals surface area contributed by atoms with E-state index in [1.807, 2.05) is 31.2 Å². The van der Waals surface area contributed by atoms with E-state index in [0.29, 0.717) is 10.6 Å². The maximum Gasteiger partial charge on any atom is 0.175 e. The van der Waals surface area contributed by atoms with Crippen molar-refractivity contribution < 1.29 is 4.79 Å². The van der Waals surface area contributed by atoms with Gasteiger partial charge in [-0.2, -0.15) is 0 Å². The second kappa shape index (κ2) is 7.16. The van der Waals surface area contributed by atoms with Gasteiger partial charge in [-0.05, 0) is 48.9 Å². The average molecular weight is 325 g/mol. The largest absolute Gasteiger partial charge is 0.293 e. The molecule has 0 heterocycles. The smallest absolute Gasteiger partial charge is 0.175 e. The van der Waals surface area contributed by atoms with Crippen LogP contribution in [0.4, 0.5) is 0 Å². The lowest BCUT2D eigenvalue weighted by Crippen LogP contribution is -2.13. The van der Waals surface area contributed by atoms with Crippen molar-refractivity contribution in [3.8, 4) is 0 Å². The summed E-state index contributed by atoms with van der Waals surface area (Å²) in [5.74, 6) is 0.915. The molecule has 1 unspecified atom stereocenters. The van der Waals surface area contributed by atoms with E-state index in [2.05, 4.69) is 0 Å². The maximum atomic E-state index is 12.2. The fraction of sp³-hybridized carbons (Fsp3) is 0.188. The van der Waals surface area contributed by atoms with Crippen LogP contribution < -0.4 is 0 Å². The second-order valence-electron chi connectivity index (χ2n) is 4.45. The topological polar surface area (TPSA) is 17.1 Å². The van der Waals surface area contributed by atoms with Gasteiger partial charge >= 0.3 is 0 Å². The summed E-state index contributed by atoms with van der Waals surface area (Å²) in [5.41, 5.74) is 1.86. The molecule has 0 bridgehead atoms. The summed E-state index contributed by atoms with van der Waals surface area (Å²) in [5, 5.41) is 1.28. The monoisotopic (exact) mass is 324 g/mol. The highest BCUT2D eigenvalue weighted by molar-refractivity contribution is 7.99. The van der Waals surface area contributed by atoms with Crippen LogP contribution in [0.1, 0.15) is 22.8 Å². The zero-order valence-electron chi connectivity index (χ0n) is 11.0. The molecule has 20 heavy (non-hydrogen) atoms. The Morgan fingerprint density at radius 3 is 2.05 bits per heavy atom. The molecule has 0 spiro atoms. The highest BCUT2D eigenvalue weighted by Crippen LogP contribution is 2.22. The predicted octanol–water partition coefficient (Wildman–Crippen LogP) is 5.50. The average Bonchev–Trinajstić information content (AvgIpc) is 2.46. The van der Waals surface area contributed by atoms with E-state index in [1.54, 1.807) is 36.0 Å². The maximum absolute atomic E-state index is 12.2. The molecule has 1 nitrogen and oxygen atoms in total. The summed E-state index contributed by atoms with van der Waals surface area (Å²) in [7, 11) is 0. The van der Waals surface area contributed by atoms with Crippen LogP contribution in [0.3, 0.4) is 0 Å². The summed E-state index contributed by atoms with van der Waals surface area (Å²) in [6.45, 7) is 1.93. The fourth-order valence-corrected chi connectivity index (χ4v) is 2.90. The minimum absolute atomic E-state index is 0.0909. The molecular weight excluding hydrogens is 311 g/mol. The molecule has 0 amide bonds. The molecule has 1 atom stereocenters. The number of benzene rings is 2. The highest BCUT2D eigenvalue weighted by Gasteiger charge is 2.15. The third-order valence-corrected chi connectivity index (χ3v) is 4.63. The van der Waals surface area contributed by atoms with Crippen molar-refractivity contribution in [3.63, 3.8) is 0 Å². The van der Waals surface area contributed by atoms with E-state index in [9.17, 15) is 4.79 Å². The minimum atomic E-state index is -0.0909. The number of rotatable bonds is 5. The molecule has 0 aromatic heterocycles. The first-order valence-electron chi connectivity index (χ1n) is 6.22. The number of carbonyl (C=O) groups excluding carboxylic acids is 1. The Morgan fingerprint density at radius 1 is 1.00 bits per heavy atom. The van der Waals surface area contributed by atoms with E-state index < -0.39 is 0 Å². The molecule has 0 fully saturated rings. The first kappa shape index (κ1) is 15.4. The van der Waals surface area contributed by atoms with Crippen LogP contribution in [0.25, 0.3) is 0 Å². The van der Waals surface area contributed by atoms with Crippen LogP contribution in [0.15, 0.2) is 48.5 Å². The van der Waals surface area contributed by atoms with E-state index in [-0.39, 0.29) is 11.0 Å². The molecular formula is C16H14Cl2OS. The third kappa shape index (κ3) is 4.27. The van der Waals surface area contributed by atoms with E-state index in [1.165, 1.54) is 0 Å². The summed E-state index contributed by atoms with van der Waals surface area (Å²) >= 11 is 13.3. The number of ketones is 1. The molecule has 0 N–H and O–H groups in total. The van der Waals surface area contributed by atoms with Gasteiger partial charge in [0.15, 0.2) is 5.78 Å². The van der Waals surface area contributed by atoms with Gasteiger partial charge in [-0.1, -0.05) is 35.3 Å². The van der Waals surface area contributed by atoms with Crippen molar-refractivity contribution in [1.82, 2.24) is 0 Å². The van der Waals surface area contributed by atoms with Gasteiger partial charge in [0.25, 0.3) is 0 Å². The third-order valence-electron chi connectivity index (χ3n) is 2.91. The number of hydrogen-bond donors (Lipinski definition) is 0. The quantitative estimate of drug-likeness (QED) is 0.675. The summed E-state index contributed by atoms with van der Waals surface area (Å²) in [6, 6.07) is 14.7. The Balaban J connectivity index is 1.94. The Hall–Kier alpha value is -0.960. The molecule has 0 aliphatic carbocycles. The van der Waals surface area contributed by atoms with Gasteiger partial charge in [0.05, 0.1) is 5.25 Å². The molecule has 0 saturated heterocycles. The fourth-order valence-electron chi connectivity index (χ4n) is 1.73. The minimum Gasteiger partial charge on any atom is -0.293 e. The standard InChI is InChI=1S/C16H14Cl2OS/c1-11(16(19)13-4-8-15(18)9-5-13)20-10-12-2-6-14(17)7-3-12/h2-9,11H,10H2,1H3. The Kier molecular flexibility index (Phi) is 5.53. The molecule has 0 radical (unpaired) electrons. The van der Waals surface area contributed by atoms with Crippen LogP contribution in [0, 0.1) is 0 Å². The molecule has 4 heteroatoms. The highest BCUT2D eigenvalue weighted by atomic mass is 35.5. The Bertz CT molecular complexity index is 578. The number of Topliss-reactive ketones (excluding diaryl/α,β-unsaturated/α-hetero) is 1. The van der Waals surface area contributed by atoms with Crippen LogP contribution in [-0.4, -0.2) is 11.0 Å². The van der Waals surface area contributed by atoms with E-state index in [4.69, 9.17) is 23.2 Å². The van der Waals surface area contributed by atoms with Crippen LogP contribution in [-0.2, 0) is 5.75 Å². The van der Waals surface area contributed by atoms with Gasteiger partial charge in [-0.3, -0.25) is 4.79 Å². The normalized spacial score (nSPS) is 12.2. The predicted molar refractivity (Wildman–Crippen MR) is 88.0 cm³/mol. The van der Waals surface area contributed by atoms with E-state index in [0.717, 1.165) is 16.3 Å². The van der Waals surface area contributed by atoms with Gasteiger partial charge in [-0.25, -0.2) is 0 Å². The molecule has 2 rings (SSSR count). The van der Waals surface area contributed by atoms with Crippen LogP contribution in [0.5, 0.6) is 0 Å². The Labute approximate surface area is 133 Å². The first-order valence-corrected chi connectivity index (χ1v) is 8.02. The summed E-state index contributed by atoms with van der Waals surface area (Å²) in [6.07, 6.45) is 0. The molecule has 0 aliphatic rings. The van der Waals surface area contributed by atoms with Gasteiger partial charge < -0.3 is 0 Å². The van der Waals surface area contributed by atoms with Crippen molar-refractivity contribution in [1.29, 1.82) is 0 Å². The van der Waals surface area contributed by atoms with Crippen LogP contribution >= 0.6 is 35.0 Å². The van der Waals surface area contributed by atoms with Crippen molar-refractivity contribution in [2.75, 3.05) is 0 Å². The van der Waals surface area contributed by atoms with Crippen molar-refractivity contribution in [3.05, 3.63) is 69.7 Å². The lowest BCUT2D eigenvalue weighted by atomic mass is 10.1. The van der Waals surface area contributed by atoms with Gasteiger partial charge in [0.2, 0.25) is 0 Å². The molecule has 2 aromatic rings. The van der Waals surface area contributed by atoms with E-state index >= 15 is 0 Å². The number of hydrogen-bond acceptors (Lipinski definition) is 2. The number of carbonyl (C=O) groups is 1. The summed E-state index contributed by atoms with van der Waals surface area (Å²) < 4.78 is 0. The van der Waals surface area contributed by atoms with Crippen molar-refractivity contribution >= 4 is 40.7 Å².